The van der Waals surface area contributed by atoms with Crippen molar-refractivity contribution in [3.8, 4) is 0 Å². The average Bonchev–Trinajstić information content (AvgIpc) is 2.68. The molecule has 1 saturated heterocycles. The van der Waals surface area contributed by atoms with Crippen LogP contribution in [0.1, 0.15) is 43.5 Å². The quantitative estimate of drug-likeness (QED) is 0.584. The Morgan fingerprint density at radius 3 is 2.18 bits per heavy atom. The third-order valence-electron chi connectivity index (χ3n) is 4.42. The van der Waals surface area contributed by atoms with Gasteiger partial charge in [-0.15, -0.1) is 0 Å². The molecule has 0 aromatic heterocycles. The first-order chi connectivity index (χ1) is 13.2. The number of hydrogen-bond acceptors (Lipinski definition) is 5. The number of carbonyl (C=O) groups is 1. The number of hydrogen-bond donors (Lipinski definition) is 4. The number of carbonyl (C=O) groups excluding carboxylic acids is 1. The van der Waals surface area contributed by atoms with Gasteiger partial charge in [0.2, 0.25) is 0 Å². The second kappa shape index (κ2) is 11.0. The van der Waals surface area contributed by atoms with Crippen molar-refractivity contribution in [2.75, 3.05) is 49.3 Å². The molecular formula is C19H31F3N4O2. The fraction of sp³-hybridized carbons (Fsp3) is 0.632. The molecule has 1 fully saturated rings. The summed E-state index contributed by atoms with van der Waals surface area (Å²) in [5.41, 5.74) is 2.41. The lowest BCUT2D eigenvalue weighted by Gasteiger charge is -2.33. The Balaban J connectivity index is 0.00000190. The summed E-state index contributed by atoms with van der Waals surface area (Å²) in [4.78, 5) is 14.5. The van der Waals surface area contributed by atoms with Crippen LogP contribution in [-0.4, -0.2) is 57.0 Å². The Morgan fingerprint density at radius 2 is 1.68 bits per heavy atom. The van der Waals surface area contributed by atoms with Gasteiger partial charge in [0.05, 0.1) is 35.2 Å². The Kier molecular flexibility index (Phi) is 9.37. The van der Waals surface area contributed by atoms with Gasteiger partial charge in [-0.2, -0.15) is 13.2 Å². The predicted octanol–water partition coefficient (Wildman–Crippen LogP) is 3.44. The minimum atomic E-state index is -4.31. The Labute approximate surface area is 164 Å². The molecule has 1 heterocycles. The maximum absolute atomic E-state index is 12.5. The normalized spacial score (nSPS) is 14.8. The first-order valence-electron chi connectivity index (χ1n) is 9.56. The standard InChI is InChI=1S/C17H25F3N4O2.C2H6/c1-21-13-9-12(16(26)23-6-5-17(18,19)20)15(10-14(13)22-2)24-7-3-11(25)4-8-24;1-2/h9-11,21-22,25H,3-8H2,1-2H3,(H,23,26);1-2H3. The van der Waals surface area contributed by atoms with E-state index in [-0.39, 0.29) is 6.10 Å². The van der Waals surface area contributed by atoms with Crippen LogP contribution in [0.2, 0.25) is 0 Å². The van der Waals surface area contributed by atoms with Gasteiger partial charge in [0, 0.05) is 33.7 Å². The molecule has 0 bridgehead atoms. The summed E-state index contributed by atoms with van der Waals surface area (Å²) >= 11 is 0. The number of nitrogens with zero attached hydrogens (tertiary/aromatic N) is 1. The van der Waals surface area contributed by atoms with Gasteiger partial charge in [0.15, 0.2) is 0 Å². The molecular weight excluding hydrogens is 373 g/mol. The van der Waals surface area contributed by atoms with Gasteiger partial charge in [-0.3, -0.25) is 4.79 Å². The molecule has 1 amide bonds. The Morgan fingerprint density at radius 1 is 1.14 bits per heavy atom. The zero-order chi connectivity index (χ0) is 21.3. The number of halogens is 3. The number of anilines is 3. The number of aliphatic hydroxyl groups is 1. The van der Waals surface area contributed by atoms with E-state index in [4.69, 9.17) is 0 Å². The number of nitrogens with one attached hydrogen (secondary N) is 3. The van der Waals surface area contributed by atoms with E-state index in [0.717, 1.165) is 5.69 Å². The number of alkyl halides is 3. The summed E-state index contributed by atoms with van der Waals surface area (Å²) in [7, 11) is 3.46. The molecule has 4 N–H and O–H groups in total. The van der Waals surface area contributed by atoms with E-state index in [9.17, 15) is 23.1 Å². The second-order valence-corrected chi connectivity index (χ2v) is 6.25. The van der Waals surface area contributed by atoms with Crippen molar-refractivity contribution in [1.82, 2.24) is 5.32 Å². The molecule has 0 spiro atoms. The molecule has 1 aliphatic rings. The van der Waals surface area contributed by atoms with E-state index in [1.54, 1.807) is 20.2 Å². The smallest absolute Gasteiger partial charge is 0.390 e. The Hall–Kier alpha value is -2.16. The lowest BCUT2D eigenvalue weighted by atomic mass is 10.0. The van der Waals surface area contributed by atoms with Crippen molar-refractivity contribution in [2.24, 2.45) is 0 Å². The van der Waals surface area contributed by atoms with Crippen LogP contribution in [0.4, 0.5) is 30.2 Å². The van der Waals surface area contributed by atoms with Crippen LogP contribution in [0.15, 0.2) is 12.1 Å². The summed E-state index contributed by atoms with van der Waals surface area (Å²) in [6.07, 6.45) is -4.59. The van der Waals surface area contributed by atoms with Crippen molar-refractivity contribution in [2.45, 2.75) is 45.4 Å². The van der Waals surface area contributed by atoms with Crippen molar-refractivity contribution >= 4 is 23.0 Å². The second-order valence-electron chi connectivity index (χ2n) is 6.25. The monoisotopic (exact) mass is 404 g/mol. The van der Waals surface area contributed by atoms with Crippen LogP contribution < -0.4 is 20.9 Å². The van der Waals surface area contributed by atoms with Gasteiger partial charge >= 0.3 is 6.18 Å². The van der Waals surface area contributed by atoms with Gasteiger partial charge < -0.3 is 26.0 Å². The molecule has 0 unspecified atom stereocenters. The maximum Gasteiger partial charge on any atom is 0.390 e. The highest BCUT2D eigenvalue weighted by Gasteiger charge is 2.28. The highest BCUT2D eigenvalue weighted by Crippen LogP contribution is 2.33. The van der Waals surface area contributed by atoms with Crippen LogP contribution in [0, 0.1) is 0 Å². The van der Waals surface area contributed by atoms with Crippen molar-refractivity contribution in [3.05, 3.63) is 17.7 Å². The largest absolute Gasteiger partial charge is 0.393 e. The summed E-state index contributed by atoms with van der Waals surface area (Å²) in [5.74, 6) is -0.547. The third-order valence-corrected chi connectivity index (χ3v) is 4.42. The van der Waals surface area contributed by atoms with E-state index in [2.05, 4.69) is 16.0 Å². The molecule has 0 aliphatic carbocycles. The molecule has 160 valence electrons. The maximum atomic E-state index is 12.5. The van der Waals surface area contributed by atoms with Crippen LogP contribution in [0.25, 0.3) is 0 Å². The Bertz CT molecular complexity index is 630. The lowest BCUT2D eigenvalue weighted by Crippen LogP contribution is -2.37. The van der Waals surface area contributed by atoms with E-state index < -0.39 is 25.0 Å². The zero-order valence-electron chi connectivity index (χ0n) is 16.9. The predicted molar refractivity (Wildman–Crippen MR) is 107 cm³/mol. The van der Waals surface area contributed by atoms with Crippen molar-refractivity contribution in [1.29, 1.82) is 0 Å². The molecule has 1 aliphatic heterocycles. The SMILES string of the molecule is CC.CNc1cc(C(=O)NCCC(F)(F)F)c(N2CCC(O)CC2)cc1NC. The third kappa shape index (κ3) is 6.78. The fourth-order valence-electron chi connectivity index (χ4n) is 2.97. The number of rotatable bonds is 6. The molecule has 0 atom stereocenters. The van der Waals surface area contributed by atoms with Gasteiger partial charge in [0.1, 0.15) is 0 Å². The molecule has 0 saturated carbocycles. The van der Waals surface area contributed by atoms with Crippen LogP contribution in [0.5, 0.6) is 0 Å². The number of piperidine rings is 1. The van der Waals surface area contributed by atoms with E-state index in [0.29, 0.717) is 42.9 Å². The minimum Gasteiger partial charge on any atom is -0.393 e. The number of benzene rings is 1. The molecule has 1 aromatic carbocycles. The average molecular weight is 404 g/mol. The van der Waals surface area contributed by atoms with E-state index in [1.807, 2.05) is 24.8 Å². The van der Waals surface area contributed by atoms with Crippen molar-refractivity contribution in [3.63, 3.8) is 0 Å². The molecule has 28 heavy (non-hydrogen) atoms. The molecule has 9 heteroatoms. The highest BCUT2D eigenvalue weighted by atomic mass is 19.4. The first-order valence-corrected chi connectivity index (χ1v) is 9.56. The van der Waals surface area contributed by atoms with E-state index in [1.165, 1.54) is 0 Å². The van der Waals surface area contributed by atoms with Gasteiger partial charge in [-0.05, 0) is 25.0 Å². The molecule has 0 radical (unpaired) electrons. The zero-order valence-corrected chi connectivity index (χ0v) is 16.9. The molecule has 1 aromatic rings. The fourth-order valence-corrected chi connectivity index (χ4v) is 2.97. The van der Waals surface area contributed by atoms with Crippen LogP contribution in [0.3, 0.4) is 0 Å². The van der Waals surface area contributed by atoms with Gasteiger partial charge in [-0.25, -0.2) is 0 Å². The summed E-state index contributed by atoms with van der Waals surface area (Å²) < 4.78 is 37.0. The molecule has 6 nitrogen and oxygen atoms in total. The van der Waals surface area contributed by atoms with Crippen molar-refractivity contribution < 1.29 is 23.1 Å². The van der Waals surface area contributed by atoms with Crippen LogP contribution in [-0.2, 0) is 0 Å². The molecule has 2 rings (SSSR count). The topological polar surface area (TPSA) is 76.6 Å². The first kappa shape index (κ1) is 23.9. The highest BCUT2D eigenvalue weighted by molar-refractivity contribution is 6.02. The van der Waals surface area contributed by atoms with E-state index >= 15 is 0 Å². The summed E-state index contributed by atoms with van der Waals surface area (Å²) in [5, 5.41) is 18.1. The van der Waals surface area contributed by atoms with Gasteiger partial charge in [0.25, 0.3) is 5.91 Å². The minimum absolute atomic E-state index is 0.312. The van der Waals surface area contributed by atoms with Gasteiger partial charge in [-0.1, -0.05) is 13.8 Å². The summed E-state index contributed by atoms with van der Waals surface area (Å²) in [6.45, 7) is 4.68. The number of aliphatic hydroxyl groups excluding tert-OH is 1. The van der Waals surface area contributed by atoms with Crippen LogP contribution >= 0.6 is 0 Å². The lowest BCUT2D eigenvalue weighted by molar-refractivity contribution is -0.132. The number of amides is 1. The summed E-state index contributed by atoms with van der Waals surface area (Å²) in [6, 6.07) is 3.44.